The Morgan fingerprint density at radius 1 is 1.47 bits per heavy atom. The maximum Gasteiger partial charge on any atom is 0.307 e. The lowest BCUT2D eigenvalue weighted by Gasteiger charge is -2.24. The average Bonchev–Trinajstić information content (AvgIpc) is 2.17. The fourth-order valence-electron chi connectivity index (χ4n) is 1.30. The molecule has 0 saturated heterocycles. The monoisotopic (exact) mass is 219 g/mol. The summed E-state index contributed by atoms with van der Waals surface area (Å²) in [7, 11) is 1.58. The van der Waals surface area contributed by atoms with E-state index in [1.165, 1.54) is 0 Å². The third-order valence-electron chi connectivity index (χ3n) is 2.48. The molecule has 0 bridgehead atoms. The maximum absolute atomic E-state index is 10.7. The highest BCUT2D eigenvalue weighted by atomic mass is 16.5. The highest BCUT2D eigenvalue weighted by Crippen LogP contribution is 2.05. The fourth-order valence-corrected chi connectivity index (χ4v) is 1.30. The molecule has 0 aromatic heterocycles. The molecular formula is C10H21NO4. The zero-order chi connectivity index (χ0) is 11.8. The van der Waals surface area contributed by atoms with Crippen molar-refractivity contribution in [2.45, 2.75) is 32.4 Å². The van der Waals surface area contributed by atoms with Crippen LogP contribution in [-0.2, 0) is 9.53 Å². The number of carboxylic acids is 1. The largest absolute Gasteiger partial charge is 0.481 e. The Kier molecular flexibility index (Phi) is 7.29. The van der Waals surface area contributed by atoms with Crippen LogP contribution in [0.4, 0.5) is 0 Å². The number of aliphatic hydroxyl groups is 1. The Balaban J connectivity index is 4.08. The van der Waals surface area contributed by atoms with Crippen molar-refractivity contribution in [3.8, 4) is 0 Å². The van der Waals surface area contributed by atoms with E-state index in [9.17, 15) is 4.79 Å². The lowest BCUT2D eigenvalue weighted by Crippen LogP contribution is -2.45. The topological polar surface area (TPSA) is 78.8 Å². The van der Waals surface area contributed by atoms with Crippen molar-refractivity contribution in [3.05, 3.63) is 0 Å². The third-order valence-corrected chi connectivity index (χ3v) is 2.48. The van der Waals surface area contributed by atoms with E-state index in [2.05, 4.69) is 5.32 Å². The van der Waals surface area contributed by atoms with E-state index < -0.39 is 11.9 Å². The van der Waals surface area contributed by atoms with E-state index in [1.807, 2.05) is 6.92 Å². The quantitative estimate of drug-likeness (QED) is 0.539. The molecule has 0 amide bonds. The van der Waals surface area contributed by atoms with Crippen LogP contribution in [0.5, 0.6) is 0 Å². The summed E-state index contributed by atoms with van der Waals surface area (Å²) < 4.78 is 4.98. The van der Waals surface area contributed by atoms with Crippen molar-refractivity contribution in [1.82, 2.24) is 5.32 Å². The van der Waals surface area contributed by atoms with Crippen LogP contribution in [-0.4, -0.2) is 48.6 Å². The van der Waals surface area contributed by atoms with Crippen molar-refractivity contribution < 1.29 is 19.7 Å². The highest BCUT2D eigenvalue weighted by molar-refractivity contribution is 5.70. The van der Waals surface area contributed by atoms with Gasteiger partial charge in [-0.2, -0.15) is 0 Å². The molecule has 0 fully saturated rings. The van der Waals surface area contributed by atoms with Crippen molar-refractivity contribution in [3.63, 3.8) is 0 Å². The molecule has 0 spiro atoms. The molecule has 0 aromatic carbocycles. The molecule has 0 radical (unpaired) electrons. The lowest BCUT2D eigenvalue weighted by molar-refractivity contribution is -0.142. The first-order valence-corrected chi connectivity index (χ1v) is 5.11. The third kappa shape index (κ3) is 5.71. The molecule has 3 atom stereocenters. The number of hydrogen-bond acceptors (Lipinski definition) is 4. The number of hydrogen-bond donors (Lipinski definition) is 3. The van der Waals surface area contributed by atoms with Crippen LogP contribution in [0.25, 0.3) is 0 Å². The molecule has 0 saturated carbocycles. The number of methoxy groups -OCH3 is 1. The first-order valence-electron chi connectivity index (χ1n) is 5.11. The summed E-state index contributed by atoms with van der Waals surface area (Å²) in [4.78, 5) is 10.7. The highest BCUT2D eigenvalue weighted by Gasteiger charge is 2.21. The van der Waals surface area contributed by atoms with Crippen LogP contribution in [0.3, 0.4) is 0 Å². The minimum absolute atomic E-state index is 0.00296. The summed E-state index contributed by atoms with van der Waals surface area (Å²) in [5, 5.41) is 20.8. The number of ether oxygens (including phenoxy) is 1. The molecule has 0 aliphatic rings. The second-order valence-corrected chi connectivity index (χ2v) is 3.75. The van der Waals surface area contributed by atoms with Crippen LogP contribution in [0.1, 0.15) is 20.3 Å². The number of carbonyl (C=O) groups is 1. The number of carboxylic acid groups (broad SMARTS) is 1. The number of rotatable bonds is 8. The minimum atomic E-state index is -0.824. The Bertz CT molecular complexity index is 180. The molecule has 0 heterocycles. The summed E-state index contributed by atoms with van der Waals surface area (Å²) in [6, 6.07) is -0.147. The van der Waals surface area contributed by atoms with E-state index in [4.69, 9.17) is 14.9 Å². The molecule has 15 heavy (non-hydrogen) atoms. The predicted octanol–water partition coefficient (Wildman–Crippen LogP) is 0.0826. The Morgan fingerprint density at radius 3 is 2.47 bits per heavy atom. The van der Waals surface area contributed by atoms with Gasteiger partial charge in [-0.3, -0.25) is 4.79 Å². The van der Waals surface area contributed by atoms with E-state index >= 15 is 0 Å². The Morgan fingerprint density at radius 2 is 2.07 bits per heavy atom. The van der Waals surface area contributed by atoms with Crippen LogP contribution in [0, 0.1) is 5.92 Å². The smallest absolute Gasteiger partial charge is 0.307 e. The van der Waals surface area contributed by atoms with E-state index in [0.717, 1.165) is 0 Å². The molecule has 90 valence electrons. The van der Waals surface area contributed by atoms with Crippen LogP contribution in [0.15, 0.2) is 0 Å². The molecular weight excluding hydrogens is 198 g/mol. The van der Waals surface area contributed by atoms with E-state index in [1.54, 1.807) is 14.0 Å². The summed E-state index contributed by atoms with van der Waals surface area (Å²) in [5.41, 5.74) is 0. The minimum Gasteiger partial charge on any atom is -0.481 e. The SMILES string of the molecule is COCC(CCO)NC(C)C(C)C(=O)O. The molecule has 5 heteroatoms. The molecule has 0 rings (SSSR count). The maximum atomic E-state index is 10.7. The second-order valence-electron chi connectivity index (χ2n) is 3.75. The van der Waals surface area contributed by atoms with Crippen molar-refractivity contribution >= 4 is 5.97 Å². The Labute approximate surface area is 90.4 Å². The molecule has 0 aromatic rings. The van der Waals surface area contributed by atoms with Gasteiger partial charge in [0.25, 0.3) is 0 Å². The summed E-state index contributed by atoms with van der Waals surface area (Å²) in [5.74, 6) is -1.28. The predicted molar refractivity (Wildman–Crippen MR) is 56.8 cm³/mol. The second kappa shape index (κ2) is 7.62. The van der Waals surface area contributed by atoms with E-state index in [0.29, 0.717) is 13.0 Å². The first kappa shape index (κ1) is 14.3. The standard InChI is InChI=1S/C10H21NO4/c1-7(10(13)14)8(2)11-9(4-5-12)6-15-3/h7-9,11-12H,4-6H2,1-3H3,(H,13,14). The fraction of sp³-hybridized carbons (Fsp3) is 0.900. The van der Waals surface area contributed by atoms with Gasteiger partial charge in [0.1, 0.15) is 0 Å². The zero-order valence-corrected chi connectivity index (χ0v) is 9.56. The van der Waals surface area contributed by atoms with Gasteiger partial charge in [0.15, 0.2) is 0 Å². The normalized spacial score (nSPS) is 17.1. The van der Waals surface area contributed by atoms with Gasteiger partial charge in [-0.05, 0) is 13.3 Å². The summed E-state index contributed by atoms with van der Waals surface area (Å²) >= 11 is 0. The Hall–Kier alpha value is -0.650. The van der Waals surface area contributed by atoms with Gasteiger partial charge in [0, 0.05) is 25.8 Å². The number of nitrogens with one attached hydrogen (secondary N) is 1. The van der Waals surface area contributed by atoms with Gasteiger partial charge in [0.2, 0.25) is 0 Å². The molecule has 0 aliphatic heterocycles. The van der Waals surface area contributed by atoms with Crippen LogP contribution >= 0.6 is 0 Å². The number of aliphatic hydroxyl groups excluding tert-OH is 1. The van der Waals surface area contributed by atoms with Gasteiger partial charge in [0.05, 0.1) is 12.5 Å². The van der Waals surface area contributed by atoms with Gasteiger partial charge >= 0.3 is 5.97 Å². The lowest BCUT2D eigenvalue weighted by atomic mass is 10.0. The first-order chi connectivity index (χ1) is 7.02. The van der Waals surface area contributed by atoms with Crippen LogP contribution in [0.2, 0.25) is 0 Å². The van der Waals surface area contributed by atoms with Crippen molar-refractivity contribution in [2.24, 2.45) is 5.92 Å². The number of aliphatic carboxylic acids is 1. The van der Waals surface area contributed by atoms with Crippen molar-refractivity contribution in [1.29, 1.82) is 0 Å². The summed E-state index contributed by atoms with van der Waals surface area (Å²) in [6.45, 7) is 4.01. The van der Waals surface area contributed by atoms with Crippen molar-refractivity contribution in [2.75, 3.05) is 20.3 Å². The van der Waals surface area contributed by atoms with Gasteiger partial charge in [-0.25, -0.2) is 0 Å². The van der Waals surface area contributed by atoms with E-state index in [-0.39, 0.29) is 18.7 Å². The molecule has 5 nitrogen and oxygen atoms in total. The van der Waals surface area contributed by atoms with Gasteiger partial charge in [-0.1, -0.05) is 6.92 Å². The van der Waals surface area contributed by atoms with Crippen LogP contribution < -0.4 is 5.32 Å². The average molecular weight is 219 g/mol. The zero-order valence-electron chi connectivity index (χ0n) is 9.56. The molecule has 3 N–H and O–H groups in total. The summed E-state index contributed by atoms with van der Waals surface area (Å²) in [6.07, 6.45) is 0.560. The van der Waals surface area contributed by atoms with Gasteiger partial charge < -0.3 is 20.3 Å². The molecule has 3 unspecified atom stereocenters. The van der Waals surface area contributed by atoms with Gasteiger partial charge in [-0.15, -0.1) is 0 Å². The molecule has 0 aliphatic carbocycles.